The van der Waals surface area contributed by atoms with Crippen LogP contribution in [-0.2, 0) is 23.9 Å². The van der Waals surface area contributed by atoms with Crippen LogP contribution in [-0.4, -0.2) is 52.0 Å². The van der Waals surface area contributed by atoms with Gasteiger partial charge in [0, 0.05) is 30.7 Å². The average molecular weight is 581 g/mol. The zero-order valence-corrected chi connectivity index (χ0v) is 22.1. The molecule has 0 radical (unpaired) electrons. The molecule has 0 saturated carbocycles. The maximum absolute atomic E-state index is 14.1. The summed E-state index contributed by atoms with van der Waals surface area (Å²) in [6.45, 7) is 0.102. The maximum Gasteiger partial charge on any atom is 0.435 e. The van der Waals surface area contributed by atoms with E-state index in [0.29, 0.717) is 24.5 Å². The van der Waals surface area contributed by atoms with Crippen LogP contribution in [0.15, 0.2) is 60.8 Å². The van der Waals surface area contributed by atoms with E-state index >= 15 is 0 Å². The third-order valence-electron chi connectivity index (χ3n) is 7.03. The van der Waals surface area contributed by atoms with Gasteiger partial charge < -0.3 is 24.2 Å². The molecule has 1 unspecified atom stereocenters. The van der Waals surface area contributed by atoms with Gasteiger partial charge in [0.1, 0.15) is 11.5 Å². The van der Waals surface area contributed by atoms with Gasteiger partial charge in [-0.15, -0.1) is 0 Å². The number of benzene rings is 2. The van der Waals surface area contributed by atoms with Crippen molar-refractivity contribution in [3.8, 4) is 17.2 Å². The van der Waals surface area contributed by atoms with Crippen LogP contribution in [0.2, 0.25) is 0 Å². The molecule has 0 fully saturated rings. The SMILES string of the molecule is CN(C(=O)c1cccc(-n2nc(C(F)(F)F)c3c2C(Oc2ccc(C(=O)O)cc2)COC3)c1)c1cnc2c(c1)OCC2. The molecule has 42 heavy (non-hydrogen) atoms. The van der Waals surface area contributed by atoms with Crippen LogP contribution in [0.3, 0.4) is 0 Å². The van der Waals surface area contributed by atoms with E-state index in [-0.39, 0.29) is 47.0 Å². The molecule has 0 spiro atoms. The molecule has 2 aromatic carbocycles. The second kappa shape index (κ2) is 10.5. The quantitative estimate of drug-likeness (QED) is 0.344. The van der Waals surface area contributed by atoms with Crippen molar-refractivity contribution in [3.05, 3.63) is 94.6 Å². The van der Waals surface area contributed by atoms with Gasteiger partial charge in [-0.25, -0.2) is 9.48 Å². The number of rotatable bonds is 6. The molecule has 13 heteroatoms. The number of alkyl halides is 3. The number of halogens is 3. The predicted molar refractivity (Wildman–Crippen MR) is 141 cm³/mol. The monoisotopic (exact) mass is 580 g/mol. The Morgan fingerprint density at radius 1 is 1.12 bits per heavy atom. The molecular weight excluding hydrogens is 557 g/mol. The van der Waals surface area contributed by atoms with Gasteiger partial charge in [-0.1, -0.05) is 6.07 Å². The maximum atomic E-state index is 14.1. The number of aromatic nitrogens is 3. The van der Waals surface area contributed by atoms with Crippen LogP contribution >= 0.6 is 0 Å². The van der Waals surface area contributed by atoms with Crippen LogP contribution in [0.4, 0.5) is 18.9 Å². The average Bonchev–Trinajstić information content (AvgIpc) is 3.62. The van der Waals surface area contributed by atoms with Crippen LogP contribution in [0.25, 0.3) is 5.69 Å². The first-order chi connectivity index (χ1) is 20.1. The van der Waals surface area contributed by atoms with Crippen LogP contribution < -0.4 is 14.4 Å². The Morgan fingerprint density at radius 2 is 1.90 bits per heavy atom. The summed E-state index contributed by atoms with van der Waals surface area (Å²) in [5, 5.41) is 13.1. The summed E-state index contributed by atoms with van der Waals surface area (Å²) in [6, 6.07) is 13.3. The van der Waals surface area contributed by atoms with Crippen molar-refractivity contribution in [1.82, 2.24) is 14.8 Å². The molecule has 2 aliphatic rings. The Morgan fingerprint density at radius 3 is 2.64 bits per heavy atom. The van der Waals surface area contributed by atoms with Crippen LogP contribution in [0.1, 0.15) is 49.5 Å². The summed E-state index contributed by atoms with van der Waals surface area (Å²) in [5.41, 5.74) is 0.585. The van der Waals surface area contributed by atoms with Gasteiger partial charge in [0.15, 0.2) is 11.8 Å². The lowest BCUT2D eigenvalue weighted by Crippen LogP contribution is -2.27. The number of hydrogen-bond donors (Lipinski definition) is 1. The minimum atomic E-state index is -4.78. The van der Waals surface area contributed by atoms with Crippen LogP contribution in [0, 0.1) is 0 Å². The number of hydrogen-bond acceptors (Lipinski definition) is 7. The highest BCUT2D eigenvalue weighted by atomic mass is 19.4. The number of carboxylic acid groups (broad SMARTS) is 1. The van der Waals surface area contributed by atoms with E-state index < -0.39 is 29.9 Å². The largest absolute Gasteiger partial charge is 0.491 e. The van der Waals surface area contributed by atoms with E-state index in [0.717, 1.165) is 10.4 Å². The Kier molecular flexibility index (Phi) is 6.81. The Bertz CT molecular complexity index is 1690. The molecule has 4 heterocycles. The zero-order chi connectivity index (χ0) is 29.6. The van der Waals surface area contributed by atoms with E-state index in [1.807, 2.05) is 0 Å². The fourth-order valence-electron chi connectivity index (χ4n) is 4.94. The van der Waals surface area contributed by atoms with Gasteiger partial charge in [-0.2, -0.15) is 18.3 Å². The van der Waals surface area contributed by atoms with Gasteiger partial charge in [0.05, 0.1) is 54.3 Å². The number of carbonyl (C=O) groups is 2. The lowest BCUT2D eigenvalue weighted by Gasteiger charge is -2.26. The smallest absolute Gasteiger partial charge is 0.435 e. The summed E-state index contributed by atoms with van der Waals surface area (Å²) in [6.07, 6.45) is -3.53. The number of nitrogens with zero attached hydrogens (tertiary/aromatic N) is 4. The van der Waals surface area contributed by atoms with Crippen molar-refractivity contribution in [3.63, 3.8) is 0 Å². The van der Waals surface area contributed by atoms with Gasteiger partial charge in [-0.05, 0) is 42.5 Å². The number of fused-ring (bicyclic) bond motifs is 2. The topological polar surface area (TPSA) is 116 Å². The third kappa shape index (κ3) is 5.02. The molecule has 1 amide bonds. The second-order valence-electron chi connectivity index (χ2n) is 9.72. The number of aromatic carboxylic acids is 1. The molecule has 1 N–H and O–H groups in total. The van der Waals surface area contributed by atoms with Crippen molar-refractivity contribution in [2.45, 2.75) is 25.3 Å². The highest BCUT2D eigenvalue weighted by molar-refractivity contribution is 6.06. The molecule has 10 nitrogen and oxygen atoms in total. The number of carbonyl (C=O) groups excluding carboxylic acids is 1. The molecule has 0 bridgehead atoms. The van der Waals surface area contributed by atoms with E-state index in [2.05, 4.69) is 10.1 Å². The second-order valence-corrected chi connectivity index (χ2v) is 9.72. The minimum absolute atomic E-state index is 0.0296. The number of anilines is 1. The van der Waals surface area contributed by atoms with Crippen molar-refractivity contribution < 1.29 is 42.1 Å². The van der Waals surface area contributed by atoms with Crippen molar-refractivity contribution >= 4 is 17.6 Å². The van der Waals surface area contributed by atoms with Gasteiger partial charge in [0.2, 0.25) is 0 Å². The number of amides is 1. The van der Waals surface area contributed by atoms with Crippen LogP contribution in [0.5, 0.6) is 11.5 Å². The number of ether oxygens (including phenoxy) is 3. The molecule has 2 aromatic heterocycles. The number of pyridine rings is 1. The standard InChI is InChI=1S/C29H23F3N4O6/c1-35(19-12-23-22(33-13-19)9-10-41-23)27(37)17-3-2-4-18(11-17)36-25-21(26(34-36)29(30,31)32)14-40-15-24(25)42-20-7-5-16(6-8-20)28(38)39/h2-8,11-13,24H,9-10,14-15H2,1H3,(H,38,39). The summed E-state index contributed by atoms with van der Waals surface area (Å²) in [4.78, 5) is 30.4. The van der Waals surface area contributed by atoms with Crippen molar-refractivity contribution in [2.75, 3.05) is 25.2 Å². The molecule has 1 atom stereocenters. The van der Waals surface area contributed by atoms with Gasteiger partial charge >= 0.3 is 12.1 Å². The lowest BCUT2D eigenvalue weighted by molar-refractivity contribution is -0.143. The molecule has 4 aromatic rings. The summed E-state index contributed by atoms with van der Waals surface area (Å²) in [7, 11) is 1.57. The summed E-state index contributed by atoms with van der Waals surface area (Å²) in [5.74, 6) is -0.697. The Labute approximate surface area is 236 Å². The molecule has 2 aliphatic heterocycles. The Balaban J connectivity index is 1.36. The van der Waals surface area contributed by atoms with E-state index in [1.165, 1.54) is 35.2 Å². The van der Waals surface area contributed by atoms with E-state index in [1.54, 1.807) is 37.5 Å². The first-order valence-corrected chi connectivity index (χ1v) is 12.9. The molecule has 6 rings (SSSR count). The molecule has 0 aliphatic carbocycles. The van der Waals surface area contributed by atoms with Crippen molar-refractivity contribution in [1.29, 1.82) is 0 Å². The van der Waals surface area contributed by atoms with Gasteiger partial charge in [-0.3, -0.25) is 9.78 Å². The third-order valence-corrected chi connectivity index (χ3v) is 7.03. The normalized spacial score (nSPS) is 15.9. The van der Waals surface area contributed by atoms with E-state index in [9.17, 15) is 22.8 Å². The fraction of sp³-hybridized carbons (Fsp3) is 0.241. The number of carboxylic acids is 1. The predicted octanol–water partition coefficient (Wildman–Crippen LogP) is 4.85. The summed E-state index contributed by atoms with van der Waals surface area (Å²) < 4.78 is 60.3. The first kappa shape index (κ1) is 27.3. The molecule has 0 saturated heterocycles. The van der Waals surface area contributed by atoms with Crippen molar-refractivity contribution in [2.24, 2.45) is 0 Å². The fourth-order valence-corrected chi connectivity index (χ4v) is 4.94. The Hall–Kier alpha value is -4.91. The highest BCUT2D eigenvalue weighted by Crippen LogP contribution is 2.40. The minimum Gasteiger partial charge on any atom is -0.491 e. The molecular formula is C29H23F3N4O6. The van der Waals surface area contributed by atoms with E-state index in [4.69, 9.17) is 19.3 Å². The lowest BCUT2D eigenvalue weighted by atomic mass is 10.1. The zero-order valence-electron chi connectivity index (χ0n) is 22.1. The first-order valence-electron chi connectivity index (χ1n) is 12.9. The molecule has 216 valence electrons. The highest BCUT2D eigenvalue weighted by Gasteiger charge is 2.43. The van der Waals surface area contributed by atoms with Gasteiger partial charge in [0.25, 0.3) is 5.91 Å². The summed E-state index contributed by atoms with van der Waals surface area (Å²) >= 11 is 0.